The van der Waals surface area contributed by atoms with E-state index in [0.717, 1.165) is 17.8 Å². The Hall–Kier alpha value is -1.39. The highest BCUT2D eigenvalue weighted by Crippen LogP contribution is 2.24. The predicted octanol–water partition coefficient (Wildman–Crippen LogP) is 0.943. The molecule has 1 fully saturated rings. The van der Waals surface area contributed by atoms with E-state index in [0.29, 0.717) is 6.54 Å². The van der Waals surface area contributed by atoms with Gasteiger partial charge in [-0.05, 0) is 32.5 Å². The van der Waals surface area contributed by atoms with E-state index in [2.05, 4.69) is 6.07 Å². The molecule has 0 radical (unpaired) electrons. The molecule has 1 aliphatic rings. The van der Waals surface area contributed by atoms with Crippen LogP contribution in [0.15, 0.2) is 18.2 Å². The molecule has 1 aliphatic heterocycles. The summed E-state index contributed by atoms with van der Waals surface area (Å²) in [6, 6.07) is 5.67. The van der Waals surface area contributed by atoms with Gasteiger partial charge in [-0.3, -0.25) is 9.69 Å². The second kappa shape index (κ2) is 5.08. The Labute approximate surface area is 108 Å². The molecule has 0 spiro atoms. The number of likely N-dealkylation sites (N-methyl/N-ethyl adjacent to an activating group) is 1. The van der Waals surface area contributed by atoms with Crippen LogP contribution in [0, 0.1) is 13.8 Å². The second-order valence-electron chi connectivity index (χ2n) is 4.96. The number of benzene rings is 1. The van der Waals surface area contributed by atoms with Gasteiger partial charge in [0.2, 0.25) is 5.91 Å². The van der Waals surface area contributed by atoms with Crippen LogP contribution in [-0.4, -0.2) is 48.7 Å². The SMILES string of the molecule is Cc1ccc(N2CCN(C)C(CO)C2=O)c(C)c1. The number of carbonyl (C=O) groups is 1. The quantitative estimate of drug-likeness (QED) is 0.847. The first-order chi connectivity index (χ1) is 8.54. The van der Waals surface area contributed by atoms with Gasteiger partial charge in [0.15, 0.2) is 0 Å². The first-order valence-corrected chi connectivity index (χ1v) is 6.24. The van der Waals surface area contributed by atoms with Crippen LogP contribution >= 0.6 is 0 Å². The zero-order valence-electron chi connectivity index (χ0n) is 11.2. The average Bonchev–Trinajstić information content (AvgIpc) is 2.31. The molecule has 4 heteroatoms. The number of anilines is 1. The molecular weight excluding hydrogens is 228 g/mol. The lowest BCUT2D eigenvalue weighted by Crippen LogP contribution is -2.57. The highest BCUT2D eigenvalue weighted by molar-refractivity contribution is 5.98. The maximum absolute atomic E-state index is 12.3. The third-order valence-electron chi connectivity index (χ3n) is 3.58. The number of nitrogens with zero attached hydrogens (tertiary/aromatic N) is 2. The van der Waals surface area contributed by atoms with Gasteiger partial charge in [-0.2, -0.15) is 0 Å². The van der Waals surface area contributed by atoms with E-state index in [4.69, 9.17) is 0 Å². The molecule has 1 amide bonds. The number of carbonyl (C=O) groups excluding carboxylic acids is 1. The molecule has 1 saturated heterocycles. The minimum absolute atomic E-state index is 0.0156. The average molecular weight is 248 g/mol. The van der Waals surface area contributed by atoms with Crippen molar-refractivity contribution in [1.29, 1.82) is 0 Å². The van der Waals surface area contributed by atoms with E-state index in [9.17, 15) is 9.90 Å². The van der Waals surface area contributed by atoms with E-state index in [1.807, 2.05) is 37.9 Å². The number of aryl methyl sites for hydroxylation is 2. The van der Waals surface area contributed by atoms with Crippen molar-refractivity contribution in [3.63, 3.8) is 0 Å². The molecule has 0 bridgehead atoms. The van der Waals surface area contributed by atoms with Crippen molar-refractivity contribution in [2.45, 2.75) is 19.9 Å². The van der Waals surface area contributed by atoms with Crippen molar-refractivity contribution in [3.05, 3.63) is 29.3 Å². The van der Waals surface area contributed by atoms with E-state index in [1.54, 1.807) is 4.90 Å². The molecule has 2 rings (SSSR count). The van der Waals surface area contributed by atoms with Crippen molar-refractivity contribution in [1.82, 2.24) is 4.90 Å². The van der Waals surface area contributed by atoms with E-state index in [-0.39, 0.29) is 12.5 Å². The molecule has 0 aliphatic carbocycles. The number of aliphatic hydroxyl groups excluding tert-OH is 1. The van der Waals surface area contributed by atoms with Crippen molar-refractivity contribution >= 4 is 11.6 Å². The lowest BCUT2D eigenvalue weighted by Gasteiger charge is -2.38. The van der Waals surface area contributed by atoms with Crippen LogP contribution < -0.4 is 4.90 Å². The van der Waals surface area contributed by atoms with Crippen LogP contribution in [-0.2, 0) is 4.79 Å². The van der Waals surface area contributed by atoms with Crippen LogP contribution in [0.4, 0.5) is 5.69 Å². The summed E-state index contributed by atoms with van der Waals surface area (Å²) in [5.41, 5.74) is 3.25. The van der Waals surface area contributed by atoms with Crippen molar-refractivity contribution < 1.29 is 9.90 Å². The van der Waals surface area contributed by atoms with E-state index < -0.39 is 6.04 Å². The van der Waals surface area contributed by atoms with Gasteiger partial charge < -0.3 is 10.0 Å². The summed E-state index contributed by atoms with van der Waals surface area (Å²) in [5.74, 6) is -0.0156. The molecule has 0 aromatic heterocycles. The molecule has 1 aromatic rings. The molecule has 4 nitrogen and oxygen atoms in total. The number of aliphatic hydroxyl groups is 1. The van der Waals surface area contributed by atoms with Crippen molar-refractivity contribution in [2.24, 2.45) is 0 Å². The molecule has 98 valence electrons. The number of hydrogen-bond acceptors (Lipinski definition) is 3. The first-order valence-electron chi connectivity index (χ1n) is 6.24. The standard InChI is InChI=1S/C14H20N2O2/c1-10-4-5-12(11(2)8-10)16-7-6-15(3)13(9-17)14(16)18/h4-5,8,13,17H,6-7,9H2,1-3H3. The van der Waals surface area contributed by atoms with Crippen LogP contribution in [0.25, 0.3) is 0 Å². The Kier molecular flexibility index (Phi) is 3.68. The summed E-state index contributed by atoms with van der Waals surface area (Å²) in [7, 11) is 1.87. The van der Waals surface area contributed by atoms with Crippen LogP contribution in [0.1, 0.15) is 11.1 Å². The molecular formula is C14H20N2O2. The van der Waals surface area contributed by atoms with Gasteiger partial charge in [0.05, 0.1) is 6.61 Å². The smallest absolute Gasteiger partial charge is 0.246 e. The summed E-state index contributed by atoms with van der Waals surface area (Å²) in [4.78, 5) is 16.0. The van der Waals surface area contributed by atoms with Gasteiger partial charge >= 0.3 is 0 Å². The first kappa shape index (κ1) is 13.1. The summed E-state index contributed by atoms with van der Waals surface area (Å²) >= 11 is 0. The Morgan fingerprint density at radius 1 is 1.33 bits per heavy atom. The molecule has 1 unspecified atom stereocenters. The normalized spacial score (nSPS) is 21.4. The van der Waals surface area contributed by atoms with Gasteiger partial charge in [-0.1, -0.05) is 17.7 Å². The lowest BCUT2D eigenvalue weighted by atomic mass is 10.1. The Balaban J connectivity index is 2.30. The molecule has 18 heavy (non-hydrogen) atoms. The summed E-state index contributed by atoms with van der Waals surface area (Å²) in [6.45, 7) is 5.39. The molecule has 1 heterocycles. The molecule has 1 N–H and O–H groups in total. The van der Waals surface area contributed by atoms with Crippen LogP contribution in [0.2, 0.25) is 0 Å². The summed E-state index contributed by atoms with van der Waals surface area (Å²) in [5, 5.41) is 9.32. The topological polar surface area (TPSA) is 43.8 Å². The fraction of sp³-hybridized carbons (Fsp3) is 0.500. The Bertz CT molecular complexity index is 459. The van der Waals surface area contributed by atoms with Gasteiger partial charge in [0, 0.05) is 18.8 Å². The van der Waals surface area contributed by atoms with Crippen LogP contribution in [0.3, 0.4) is 0 Å². The summed E-state index contributed by atoms with van der Waals surface area (Å²) in [6.07, 6.45) is 0. The third kappa shape index (κ3) is 2.26. The lowest BCUT2D eigenvalue weighted by molar-refractivity contribution is -0.126. The molecule has 0 saturated carbocycles. The molecule has 1 atom stereocenters. The zero-order chi connectivity index (χ0) is 13.3. The van der Waals surface area contributed by atoms with Crippen molar-refractivity contribution in [2.75, 3.05) is 31.6 Å². The van der Waals surface area contributed by atoms with Gasteiger partial charge in [-0.15, -0.1) is 0 Å². The Morgan fingerprint density at radius 2 is 2.06 bits per heavy atom. The number of piperazine rings is 1. The number of rotatable bonds is 2. The maximum atomic E-state index is 12.3. The van der Waals surface area contributed by atoms with Gasteiger partial charge in [-0.25, -0.2) is 0 Å². The van der Waals surface area contributed by atoms with Gasteiger partial charge in [0.1, 0.15) is 6.04 Å². The van der Waals surface area contributed by atoms with E-state index >= 15 is 0 Å². The Morgan fingerprint density at radius 3 is 2.67 bits per heavy atom. The number of hydrogen-bond donors (Lipinski definition) is 1. The zero-order valence-corrected chi connectivity index (χ0v) is 11.2. The fourth-order valence-electron chi connectivity index (χ4n) is 2.46. The second-order valence-corrected chi connectivity index (χ2v) is 4.96. The predicted molar refractivity (Wildman–Crippen MR) is 71.8 cm³/mol. The minimum Gasteiger partial charge on any atom is -0.394 e. The summed E-state index contributed by atoms with van der Waals surface area (Å²) < 4.78 is 0. The largest absolute Gasteiger partial charge is 0.394 e. The van der Waals surface area contributed by atoms with Crippen molar-refractivity contribution in [3.8, 4) is 0 Å². The third-order valence-corrected chi connectivity index (χ3v) is 3.58. The highest BCUT2D eigenvalue weighted by atomic mass is 16.3. The monoisotopic (exact) mass is 248 g/mol. The maximum Gasteiger partial charge on any atom is 0.246 e. The minimum atomic E-state index is -0.417. The molecule has 1 aromatic carbocycles. The fourth-order valence-corrected chi connectivity index (χ4v) is 2.46. The van der Waals surface area contributed by atoms with Gasteiger partial charge in [0.25, 0.3) is 0 Å². The van der Waals surface area contributed by atoms with E-state index in [1.165, 1.54) is 5.56 Å². The van der Waals surface area contributed by atoms with Crippen LogP contribution in [0.5, 0.6) is 0 Å². The highest BCUT2D eigenvalue weighted by Gasteiger charge is 2.33. The number of amides is 1.